The van der Waals surface area contributed by atoms with E-state index < -0.39 is 10.0 Å². The van der Waals surface area contributed by atoms with Crippen LogP contribution in [0.5, 0.6) is 0 Å². The molecule has 0 bridgehead atoms. The second-order valence-corrected chi connectivity index (χ2v) is 7.25. The van der Waals surface area contributed by atoms with Crippen molar-refractivity contribution in [3.8, 4) is 0 Å². The molecule has 2 rings (SSSR count). The smallest absolute Gasteiger partial charge is 0.215 e. The molecule has 0 aromatic rings. The Morgan fingerprint density at radius 1 is 1.24 bits per heavy atom. The molecule has 1 unspecified atom stereocenters. The van der Waals surface area contributed by atoms with E-state index in [1.165, 1.54) is 0 Å². The largest absolute Gasteiger partial charge is 0.314 e. The average Bonchev–Trinajstić information content (AvgIpc) is 2.76. The number of nitrogens with zero attached hydrogens (tertiary/aromatic N) is 2. The third-order valence-electron chi connectivity index (χ3n) is 3.66. The molecular weight excluding hydrogens is 238 g/mol. The molecule has 1 N–H and O–H groups in total. The van der Waals surface area contributed by atoms with Crippen molar-refractivity contribution in [3.63, 3.8) is 0 Å². The van der Waals surface area contributed by atoms with Gasteiger partial charge in [0.15, 0.2) is 0 Å². The van der Waals surface area contributed by atoms with E-state index >= 15 is 0 Å². The second kappa shape index (κ2) is 5.65. The van der Waals surface area contributed by atoms with Crippen LogP contribution in [0, 0.1) is 5.92 Å². The molecular formula is C11H23N3O2S. The Morgan fingerprint density at radius 2 is 1.94 bits per heavy atom. The van der Waals surface area contributed by atoms with Gasteiger partial charge in [-0.05, 0) is 12.3 Å². The van der Waals surface area contributed by atoms with Crippen LogP contribution in [-0.4, -0.2) is 69.2 Å². The van der Waals surface area contributed by atoms with Gasteiger partial charge >= 0.3 is 0 Å². The molecule has 2 fully saturated rings. The van der Waals surface area contributed by atoms with Crippen molar-refractivity contribution in [2.45, 2.75) is 13.3 Å². The molecule has 2 saturated heterocycles. The summed E-state index contributed by atoms with van der Waals surface area (Å²) in [6.07, 6.45) is 1.01. The summed E-state index contributed by atoms with van der Waals surface area (Å²) < 4.78 is 25.9. The fraction of sp³-hybridized carbons (Fsp3) is 1.00. The molecule has 2 aliphatic rings. The number of hydrogen-bond donors (Lipinski definition) is 1. The van der Waals surface area contributed by atoms with Gasteiger partial charge < -0.3 is 5.32 Å². The Bertz CT molecular complexity index is 339. The predicted octanol–water partition coefficient (Wildman–Crippen LogP) is -0.437. The fourth-order valence-electron chi connectivity index (χ4n) is 2.46. The Hall–Kier alpha value is -0.170. The van der Waals surface area contributed by atoms with Gasteiger partial charge in [0, 0.05) is 45.8 Å². The van der Waals surface area contributed by atoms with E-state index in [1.54, 1.807) is 4.31 Å². The van der Waals surface area contributed by atoms with Crippen molar-refractivity contribution in [2.24, 2.45) is 5.92 Å². The molecule has 0 amide bonds. The summed E-state index contributed by atoms with van der Waals surface area (Å²) in [6, 6.07) is 0. The molecule has 2 heterocycles. The van der Waals surface area contributed by atoms with Gasteiger partial charge in [-0.25, -0.2) is 12.7 Å². The first kappa shape index (κ1) is 13.3. The lowest BCUT2D eigenvalue weighted by atomic mass is 10.2. The highest BCUT2D eigenvalue weighted by Gasteiger charge is 2.29. The van der Waals surface area contributed by atoms with Gasteiger partial charge in [-0.3, -0.25) is 4.90 Å². The molecule has 0 aliphatic carbocycles. The zero-order chi connectivity index (χ0) is 12.3. The van der Waals surface area contributed by atoms with Gasteiger partial charge in [-0.1, -0.05) is 6.92 Å². The lowest BCUT2D eigenvalue weighted by molar-refractivity contribution is 0.252. The fourth-order valence-corrected chi connectivity index (χ4v) is 4.07. The topological polar surface area (TPSA) is 52.7 Å². The Morgan fingerprint density at radius 3 is 2.53 bits per heavy atom. The van der Waals surface area contributed by atoms with Crippen molar-refractivity contribution < 1.29 is 8.42 Å². The predicted molar refractivity (Wildman–Crippen MR) is 68.5 cm³/mol. The first-order chi connectivity index (χ1) is 8.08. The number of nitrogens with one attached hydrogen (secondary N) is 1. The van der Waals surface area contributed by atoms with Gasteiger partial charge in [-0.2, -0.15) is 0 Å². The van der Waals surface area contributed by atoms with Crippen LogP contribution in [0.2, 0.25) is 0 Å². The van der Waals surface area contributed by atoms with Gasteiger partial charge in [0.1, 0.15) is 0 Å². The maximum absolute atomic E-state index is 12.1. The van der Waals surface area contributed by atoms with Crippen LogP contribution < -0.4 is 5.32 Å². The molecule has 17 heavy (non-hydrogen) atoms. The summed E-state index contributed by atoms with van der Waals surface area (Å²) in [5.41, 5.74) is 0. The van der Waals surface area contributed by atoms with Crippen LogP contribution in [0.1, 0.15) is 13.3 Å². The molecule has 0 radical (unpaired) electrons. The molecule has 100 valence electrons. The van der Waals surface area contributed by atoms with Gasteiger partial charge in [0.2, 0.25) is 10.0 Å². The normalized spacial score (nSPS) is 28.6. The molecule has 6 heteroatoms. The van der Waals surface area contributed by atoms with E-state index in [9.17, 15) is 8.42 Å². The van der Waals surface area contributed by atoms with E-state index in [0.717, 1.165) is 32.6 Å². The van der Waals surface area contributed by atoms with E-state index in [4.69, 9.17) is 0 Å². The zero-order valence-corrected chi connectivity index (χ0v) is 11.4. The quantitative estimate of drug-likeness (QED) is 0.746. The summed E-state index contributed by atoms with van der Waals surface area (Å²) in [5, 5.41) is 3.27. The Kier molecular flexibility index (Phi) is 4.41. The standard InChI is InChI=1S/C11H23N3O2S/c1-11-2-5-14(10-11)17(15,16)9-8-13-6-3-12-4-7-13/h11-12H,2-10H2,1H3. The maximum Gasteiger partial charge on any atom is 0.215 e. The van der Waals surface area contributed by atoms with Crippen LogP contribution in [-0.2, 0) is 10.0 Å². The minimum atomic E-state index is -3.02. The first-order valence-corrected chi connectivity index (χ1v) is 8.10. The van der Waals surface area contributed by atoms with Crippen molar-refractivity contribution in [1.29, 1.82) is 0 Å². The van der Waals surface area contributed by atoms with Crippen molar-refractivity contribution >= 4 is 10.0 Å². The van der Waals surface area contributed by atoms with Crippen LogP contribution >= 0.6 is 0 Å². The number of piperazine rings is 1. The maximum atomic E-state index is 12.1. The minimum Gasteiger partial charge on any atom is -0.314 e. The summed E-state index contributed by atoms with van der Waals surface area (Å²) in [7, 11) is -3.02. The highest BCUT2D eigenvalue weighted by molar-refractivity contribution is 7.89. The van der Waals surface area contributed by atoms with Gasteiger partial charge in [0.25, 0.3) is 0 Å². The summed E-state index contributed by atoms with van der Waals surface area (Å²) in [4.78, 5) is 2.23. The third kappa shape index (κ3) is 3.64. The highest BCUT2D eigenvalue weighted by atomic mass is 32.2. The van der Waals surface area contributed by atoms with Gasteiger partial charge in [-0.15, -0.1) is 0 Å². The number of hydrogen-bond acceptors (Lipinski definition) is 4. The molecule has 5 nitrogen and oxygen atoms in total. The molecule has 1 atom stereocenters. The number of rotatable bonds is 4. The lowest BCUT2D eigenvalue weighted by Gasteiger charge is -2.27. The molecule has 2 aliphatic heterocycles. The Labute approximate surface area is 104 Å². The van der Waals surface area contributed by atoms with Crippen LogP contribution in [0.3, 0.4) is 0 Å². The summed E-state index contributed by atoms with van der Waals surface area (Å²) in [6.45, 7) is 8.09. The second-order valence-electron chi connectivity index (χ2n) is 5.16. The number of sulfonamides is 1. The molecule has 0 aromatic carbocycles. The van der Waals surface area contributed by atoms with E-state index in [2.05, 4.69) is 17.1 Å². The zero-order valence-electron chi connectivity index (χ0n) is 10.6. The highest BCUT2D eigenvalue weighted by Crippen LogP contribution is 2.18. The van der Waals surface area contributed by atoms with Crippen molar-refractivity contribution in [3.05, 3.63) is 0 Å². The molecule has 0 aromatic heterocycles. The monoisotopic (exact) mass is 261 g/mol. The lowest BCUT2D eigenvalue weighted by Crippen LogP contribution is -2.46. The van der Waals surface area contributed by atoms with Crippen LogP contribution in [0.4, 0.5) is 0 Å². The third-order valence-corrected chi connectivity index (χ3v) is 5.47. The van der Waals surface area contributed by atoms with Crippen molar-refractivity contribution in [1.82, 2.24) is 14.5 Å². The first-order valence-electron chi connectivity index (χ1n) is 6.49. The van der Waals surface area contributed by atoms with E-state index in [0.29, 0.717) is 25.6 Å². The Balaban J connectivity index is 1.80. The summed E-state index contributed by atoms with van der Waals surface area (Å²) in [5.74, 6) is 0.795. The van der Waals surface area contributed by atoms with Gasteiger partial charge in [0.05, 0.1) is 5.75 Å². The van der Waals surface area contributed by atoms with Crippen molar-refractivity contribution in [2.75, 3.05) is 51.6 Å². The average molecular weight is 261 g/mol. The summed E-state index contributed by atoms with van der Waals surface area (Å²) >= 11 is 0. The van der Waals surface area contributed by atoms with Crippen LogP contribution in [0.15, 0.2) is 0 Å². The minimum absolute atomic E-state index is 0.278. The molecule has 0 saturated carbocycles. The SMILES string of the molecule is CC1CCN(S(=O)(=O)CCN2CCNCC2)C1. The van der Waals surface area contributed by atoms with Crippen LogP contribution in [0.25, 0.3) is 0 Å². The van der Waals surface area contributed by atoms with E-state index in [1.807, 2.05) is 0 Å². The van der Waals surface area contributed by atoms with E-state index in [-0.39, 0.29) is 5.75 Å². The molecule has 0 spiro atoms.